The first-order valence-corrected chi connectivity index (χ1v) is 18.6. The molecule has 0 unspecified atom stereocenters. The van der Waals surface area contributed by atoms with Gasteiger partial charge < -0.3 is 24.0 Å². The fourth-order valence-corrected chi connectivity index (χ4v) is 6.42. The summed E-state index contributed by atoms with van der Waals surface area (Å²) >= 11 is 7.35. The predicted molar refractivity (Wildman–Crippen MR) is 180 cm³/mol. The Hall–Kier alpha value is -2.66. The minimum absolute atomic E-state index is 0.0472. The first-order chi connectivity index (χ1) is 20.0. The van der Waals surface area contributed by atoms with Crippen LogP contribution in [-0.2, 0) is 15.8 Å². The van der Waals surface area contributed by atoms with Crippen molar-refractivity contribution in [2.45, 2.75) is 78.0 Å². The van der Waals surface area contributed by atoms with Crippen LogP contribution in [0.15, 0.2) is 69.6 Å². The number of nitrogens with one attached hydrogen (secondary N) is 1. The third kappa shape index (κ3) is 10.2. The first-order valence-electron chi connectivity index (χ1n) is 14.1. The maximum atomic E-state index is 12.5. The highest BCUT2D eigenvalue weighted by Crippen LogP contribution is 2.44. The van der Waals surface area contributed by atoms with Gasteiger partial charge in [0.15, 0.2) is 25.6 Å². The fraction of sp³-hybridized carbons (Fsp3) is 0.394. The number of hydrogen-bond donors (Lipinski definition) is 1. The van der Waals surface area contributed by atoms with E-state index in [1.54, 1.807) is 18.2 Å². The average Bonchev–Trinajstić information content (AvgIpc) is 2.91. The van der Waals surface area contributed by atoms with E-state index in [1.807, 2.05) is 63.2 Å². The Morgan fingerprint density at radius 2 is 1.56 bits per heavy atom. The molecule has 1 amide bonds. The number of carbonyl (C=O) groups excluding carboxylic acids is 2. The summed E-state index contributed by atoms with van der Waals surface area (Å²) in [7, 11) is -2.24. The summed E-state index contributed by atoms with van der Waals surface area (Å²) in [5.41, 5.74) is 1.69. The highest BCUT2D eigenvalue weighted by Gasteiger charge is 2.40. The molecule has 10 heteroatoms. The minimum Gasteiger partial charge on any atom is -0.485 e. The van der Waals surface area contributed by atoms with Gasteiger partial charge in [-0.25, -0.2) is 4.79 Å². The van der Waals surface area contributed by atoms with E-state index in [2.05, 4.69) is 71.0 Å². The summed E-state index contributed by atoms with van der Waals surface area (Å²) in [5, 5.41) is 2.83. The molecule has 3 aromatic rings. The van der Waals surface area contributed by atoms with Gasteiger partial charge in [0.05, 0.1) is 21.6 Å². The largest absolute Gasteiger partial charge is 0.485 e. The molecule has 0 radical (unpaired) electrons. The van der Waals surface area contributed by atoms with Gasteiger partial charge in [0.2, 0.25) is 0 Å². The highest BCUT2D eigenvalue weighted by molar-refractivity contribution is 9.11. The maximum absolute atomic E-state index is 12.5. The molecule has 0 aliphatic heterocycles. The number of rotatable bonds is 11. The fourth-order valence-electron chi connectivity index (χ4n) is 3.76. The van der Waals surface area contributed by atoms with E-state index in [9.17, 15) is 9.59 Å². The van der Waals surface area contributed by atoms with Crippen LogP contribution >= 0.6 is 31.9 Å². The van der Waals surface area contributed by atoms with Gasteiger partial charge in [0.25, 0.3) is 0 Å². The molecule has 0 bridgehead atoms. The summed E-state index contributed by atoms with van der Waals surface area (Å²) in [6, 6.07) is 18.7. The van der Waals surface area contributed by atoms with Gasteiger partial charge in [-0.2, -0.15) is 0 Å². The Bertz CT molecular complexity index is 1390. The minimum atomic E-state index is -2.24. The zero-order valence-electron chi connectivity index (χ0n) is 26.0. The topological polar surface area (TPSA) is 83.1 Å². The summed E-state index contributed by atoms with van der Waals surface area (Å²) in [6.45, 7) is 16.9. The number of hydrogen-bond acceptors (Lipinski definition) is 6. The van der Waals surface area contributed by atoms with E-state index in [0.29, 0.717) is 38.4 Å². The third-order valence-electron chi connectivity index (χ3n) is 7.02. The van der Waals surface area contributed by atoms with Crippen molar-refractivity contribution in [3.8, 4) is 17.2 Å². The molecule has 0 aliphatic rings. The van der Waals surface area contributed by atoms with Crippen molar-refractivity contribution in [3.63, 3.8) is 0 Å². The Morgan fingerprint density at radius 3 is 2.12 bits per heavy atom. The Labute approximate surface area is 273 Å². The third-order valence-corrected chi connectivity index (χ3v) is 12.7. The normalized spacial score (nSPS) is 12.8. The van der Waals surface area contributed by atoms with E-state index in [-0.39, 0.29) is 11.6 Å². The molecule has 0 spiro atoms. The van der Waals surface area contributed by atoms with Crippen molar-refractivity contribution in [2.75, 3.05) is 6.54 Å². The van der Waals surface area contributed by atoms with Crippen molar-refractivity contribution in [2.24, 2.45) is 0 Å². The zero-order valence-corrected chi connectivity index (χ0v) is 30.2. The van der Waals surface area contributed by atoms with E-state index in [1.165, 1.54) is 0 Å². The SMILES string of the molecule is CC(C)(C)OC(=O)NC[C@@H](O[Si](C)(C)C(C)(C)C)c1cc(Br)c(Oc2cc(C=O)ccc2OCc2ccccc2)c(Br)c1. The molecule has 0 aliphatic carbocycles. The summed E-state index contributed by atoms with van der Waals surface area (Å²) in [6.07, 6.45) is -0.188. The molecule has 232 valence electrons. The van der Waals surface area contributed by atoms with E-state index >= 15 is 0 Å². The molecule has 0 heterocycles. The number of ether oxygens (including phenoxy) is 3. The summed E-state index contributed by atoms with van der Waals surface area (Å²) in [4.78, 5) is 24.1. The standard InChI is InChI=1S/C33H41Br2NO6Si/c1-32(2,3)41-31(38)36-19-29(42-43(7,8)33(4,5)6)24-17-25(34)30(26(35)18-24)40-28-16-23(20-37)14-15-27(28)39-21-22-12-10-9-11-13-22/h9-18,20,29H,19,21H2,1-8H3,(H,36,38)/t29-/m1/s1. The van der Waals surface area contributed by atoms with Crippen molar-refractivity contribution in [1.82, 2.24) is 5.32 Å². The van der Waals surface area contributed by atoms with Gasteiger partial charge in [-0.3, -0.25) is 4.79 Å². The second kappa shape index (κ2) is 14.4. The molecule has 7 nitrogen and oxygen atoms in total. The number of benzene rings is 3. The predicted octanol–water partition coefficient (Wildman–Crippen LogP) is 9.98. The molecule has 1 N–H and O–H groups in total. The number of halogens is 2. The molecule has 3 rings (SSSR count). The van der Waals surface area contributed by atoms with Gasteiger partial charge in [-0.1, -0.05) is 51.1 Å². The van der Waals surface area contributed by atoms with Gasteiger partial charge in [-0.05, 0) is 112 Å². The molecular formula is C33H41Br2NO6Si. The lowest BCUT2D eigenvalue weighted by atomic mass is 10.1. The van der Waals surface area contributed by atoms with Crippen molar-refractivity contribution < 1.29 is 28.2 Å². The lowest BCUT2D eigenvalue weighted by Crippen LogP contribution is -2.44. The number of amides is 1. The average molecular weight is 736 g/mol. The Kier molecular flexibility index (Phi) is 11.7. The van der Waals surface area contributed by atoms with E-state index < -0.39 is 26.1 Å². The van der Waals surface area contributed by atoms with Crippen LogP contribution in [0, 0.1) is 0 Å². The second-order valence-electron chi connectivity index (χ2n) is 12.8. The highest BCUT2D eigenvalue weighted by atomic mass is 79.9. The lowest BCUT2D eigenvalue weighted by Gasteiger charge is -2.39. The quantitative estimate of drug-likeness (QED) is 0.156. The molecule has 43 heavy (non-hydrogen) atoms. The monoisotopic (exact) mass is 733 g/mol. The van der Waals surface area contributed by atoms with Crippen LogP contribution in [0.25, 0.3) is 0 Å². The number of alkyl carbamates (subject to hydrolysis) is 1. The maximum Gasteiger partial charge on any atom is 0.407 e. The van der Waals surface area contributed by atoms with Crippen LogP contribution in [0.1, 0.15) is 69.1 Å². The first kappa shape index (κ1) is 34.8. The molecule has 0 aromatic heterocycles. The van der Waals surface area contributed by atoms with Crippen LogP contribution < -0.4 is 14.8 Å². The number of carbonyl (C=O) groups is 2. The molecule has 1 atom stereocenters. The van der Waals surface area contributed by atoms with Crippen LogP contribution in [0.2, 0.25) is 18.1 Å². The van der Waals surface area contributed by atoms with Gasteiger partial charge >= 0.3 is 6.09 Å². The van der Waals surface area contributed by atoms with Crippen LogP contribution in [-0.4, -0.2) is 32.8 Å². The van der Waals surface area contributed by atoms with Crippen molar-refractivity contribution >= 4 is 52.6 Å². The lowest BCUT2D eigenvalue weighted by molar-refractivity contribution is 0.0496. The van der Waals surface area contributed by atoms with Crippen LogP contribution in [0.5, 0.6) is 17.2 Å². The van der Waals surface area contributed by atoms with Crippen LogP contribution in [0.3, 0.4) is 0 Å². The molecular weight excluding hydrogens is 694 g/mol. The zero-order chi connectivity index (χ0) is 32.0. The molecule has 3 aromatic carbocycles. The summed E-state index contributed by atoms with van der Waals surface area (Å²) < 4.78 is 26.0. The second-order valence-corrected chi connectivity index (χ2v) is 19.2. The van der Waals surface area contributed by atoms with E-state index in [4.69, 9.17) is 18.6 Å². The van der Waals surface area contributed by atoms with Gasteiger partial charge in [0.1, 0.15) is 18.5 Å². The van der Waals surface area contributed by atoms with Gasteiger partial charge in [-0.15, -0.1) is 0 Å². The van der Waals surface area contributed by atoms with E-state index in [0.717, 1.165) is 17.4 Å². The number of aldehydes is 1. The van der Waals surface area contributed by atoms with Gasteiger partial charge in [0, 0.05) is 5.56 Å². The Balaban J connectivity index is 1.92. The molecule has 0 fully saturated rings. The van der Waals surface area contributed by atoms with Crippen LogP contribution in [0.4, 0.5) is 4.79 Å². The Morgan fingerprint density at radius 1 is 0.930 bits per heavy atom. The summed E-state index contributed by atoms with van der Waals surface area (Å²) in [5.74, 6) is 1.40. The molecule has 0 saturated heterocycles. The smallest absolute Gasteiger partial charge is 0.407 e. The molecule has 0 saturated carbocycles. The van der Waals surface area contributed by atoms with Crippen molar-refractivity contribution in [1.29, 1.82) is 0 Å². The van der Waals surface area contributed by atoms with Crippen molar-refractivity contribution in [3.05, 3.63) is 86.3 Å².